The smallest absolute Gasteiger partial charge is 0.258 e. The third kappa shape index (κ3) is 3.27. The molecule has 0 saturated carbocycles. The van der Waals surface area contributed by atoms with E-state index in [1.807, 2.05) is 6.07 Å². The Kier molecular flexibility index (Phi) is 4.57. The number of aliphatic carboxylic acids is 1. The fraction of sp³-hybridized carbons (Fsp3) is 0.429. The average Bonchev–Trinajstić information content (AvgIpc) is 2.46. The van der Waals surface area contributed by atoms with Gasteiger partial charge in [-0.1, -0.05) is 12.1 Å². The highest BCUT2D eigenvalue weighted by Gasteiger charge is 2.25. The number of carboxylic acids is 1. The number of carboxylic acid groups (broad SMARTS) is 1. The normalized spacial score (nSPS) is 15.9. The second-order valence-corrected chi connectivity index (χ2v) is 4.79. The number of benzene rings is 1. The highest BCUT2D eigenvalue weighted by atomic mass is 16.5. The molecule has 2 rings (SSSR count). The lowest BCUT2D eigenvalue weighted by Crippen LogP contribution is -3.16. The summed E-state index contributed by atoms with van der Waals surface area (Å²) in [5.74, 6) is -0.568. The van der Waals surface area contributed by atoms with Crippen LogP contribution in [0.25, 0.3) is 0 Å². The van der Waals surface area contributed by atoms with Gasteiger partial charge in [-0.05, 0) is 12.1 Å². The number of hydrogen-bond donors (Lipinski definition) is 1. The number of carbonyl (C=O) groups excluding carboxylic acids is 2. The SMILES string of the molecule is COc1ccccc1C(=O)N1CC[NH+](CC(=O)[O-])CC1. The molecule has 1 saturated heterocycles. The topological polar surface area (TPSA) is 74.1 Å². The summed E-state index contributed by atoms with van der Waals surface area (Å²) in [7, 11) is 1.54. The highest BCUT2D eigenvalue weighted by molar-refractivity contribution is 5.97. The number of hydrogen-bond acceptors (Lipinski definition) is 4. The van der Waals surface area contributed by atoms with Gasteiger partial charge in [0.2, 0.25) is 0 Å². The Morgan fingerprint density at radius 2 is 1.95 bits per heavy atom. The monoisotopic (exact) mass is 278 g/mol. The second-order valence-electron chi connectivity index (χ2n) is 4.79. The van der Waals surface area contributed by atoms with E-state index in [1.165, 1.54) is 7.11 Å². The number of piperazine rings is 1. The van der Waals surface area contributed by atoms with Crippen LogP contribution in [-0.4, -0.2) is 56.6 Å². The molecule has 1 aromatic rings. The van der Waals surface area contributed by atoms with E-state index in [1.54, 1.807) is 23.1 Å². The average molecular weight is 278 g/mol. The molecule has 0 spiro atoms. The third-order valence-electron chi connectivity index (χ3n) is 3.49. The molecule has 20 heavy (non-hydrogen) atoms. The van der Waals surface area contributed by atoms with Gasteiger partial charge in [0.25, 0.3) is 5.91 Å². The van der Waals surface area contributed by atoms with E-state index in [0.29, 0.717) is 37.5 Å². The number of nitrogens with one attached hydrogen (secondary N) is 1. The molecule has 0 bridgehead atoms. The van der Waals surface area contributed by atoms with Crippen LogP contribution in [-0.2, 0) is 4.79 Å². The van der Waals surface area contributed by atoms with Crippen LogP contribution in [0.1, 0.15) is 10.4 Å². The number of quaternary nitrogens is 1. The molecule has 6 nitrogen and oxygen atoms in total. The first-order valence-corrected chi connectivity index (χ1v) is 6.57. The number of ether oxygens (including phenoxy) is 1. The first-order valence-electron chi connectivity index (χ1n) is 6.57. The van der Waals surface area contributed by atoms with Gasteiger partial charge < -0.3 is 24.4 Å². The standard InChI is InChI=1S/C14H18N2O4/c1-20-12-5-3-2-4-11(12)14(19)16-8-6-15(7-9-16)10-13(17)18/h2-5H,6-10H2,1H3,(H,17,18). The van der Waals surface area contributed by atoms with Gasteiger partial charge in [-0.3, -0.25) is 4.79 Å². The summed E-state index contributed by atoms with van der Waals surface area (Å²) in [5.41, 5.74) is 0.540. The Hall–Kier alpha value is -2.08. The molecule has 1 fully saturated rings. The Balaban J connectivity index is 2.00. The van der Waals surface area contributed by atoms with Crippen LogP contribution in [0.15, 0.2) is 24.3 Å². The van der Waals surface area contributed by atoms with Gasteiger partial charge in [0.1, 0.15) is 12.3 Å². The van der Waals surface area contributed by atoms with Gasteiger partial charge in [0, 0.05) is 0 Å². The van der Waals surface area contributed by atoms with Crippen LogP contribution < -0.4 is 14.7 Å². The molecular weight excluding hydrogens is 260 g/mol. The van der Waals surface area contributed by atoms with Crippen molar-refractivity contribution in [1.82, 2.24) is 4.90 Å². The molecule has 108 valence electrons. The van der Waals surface area contributed by atoms with Gasteiger partial charge in [0.05, 0.1) is 44.8 Å². The Labute approximate surface area is 117 Å². The van der Waals surface area contributed by atoms with E-state index < -0.39 is 5.97 Å². The molecule has 6 heteroatoms. The van der Waals surface area contributed by atoms with Gasteiger partial charge in [-0.15, -0.1) is 0 Å². The maximum atomic E-state index is 12.4. The van der Waals surface area contributed by atoms with Crippen LogP contribution in [0.3, 0.4) is 0 Å². The van der Waals surface area contributed by atoms with Crippen LogP contribution >= 0.6 is 0 Å². The zero-order valence-electron chi connectivity index (χ0n) is 11.4. The second kappa shape index (κ2) is 6.38. The summed E-state index contributed by atoms with van der Waals surface area (Å²) in [6.45, 7) is 2.32. The van der Waals surface area contributed by atoms with Crippen molar-refractivity contribution < 1.29 is 24.3 Å². The number of amides is 1. The quantitative estimate of drug-likeness (QED) is 0.677. The summed E-state index contributed by atoms with van der Waals surface area (Å²) in [5, 5.41) is 10.6. The van der Waals surface area contributed by atoms with Gasteiger partial charge >= 0.3 is 0 Å². The van der Waals surface area contributed by atoms with Crippen molar-refractivity contribution in [2.24, 2.45) is 0 Å². The first-order chi connectivity index (χ1) is 9.61. The molecule has 1 amide bonds. The van der Waals surface area contributed by atoms with Gasteiger partial charge in [-0.2, -0.15) is 0 Å². The number of nitrogens with zero attached hydrogens (tertiary/aromatic N) is 1. The van der Waals surface area contributed by atoms with E-state index in [-0.39, 0.29) is 12.5 Å². The molecule has 1 N–H and O–H groups in total. The summed E-state index contributed by atoms with van der Waals surface area (Å²) < 4.78 is 5.19. The number of para-hydroxylation sites is 1. The lowest BCUT2D eigenvalue weighted by Gasteiger charge is -2.32. The lowest BCUT2D eigenvalue weighted by atomic mass is 10.1. The molecule has 0 unspecified atom stereocenters. The van der Waals surface area contributed by atoms with E-state index in [2.05, 4.69) is 0 Å². The van der Waals surface area contributed by atoms with E-state index in [9.17, 15) is 14.7 Å². The van der Waals surface area contributed by atoms with Crippen molar-refractivity contribution in [2.75, 3.05) is 39.8 Å². The van der Waals surface area contributed by atoms with Crippen LogP contribution in [0, 0.1) is 0 Å². The van der Waals surface area contributed by atoms with Crippen molar-refractivity contribution in [1.29, 1.82) is 0 Å². The van der Waals surface area contributed by atoms with Gasteiger partial charge in [-0.25, -0.2) is 0 Å². The zero-order chi connectivity index (χ0) is 14.5. The van der Waals surface area contributed by atoms with E-state index in [4.69, 9.17) is 4.74 Å². The molecule has 0 aromatic heterocycles. The fourth-order valence-electron chi connectivity index (χ4n) is 2.40. The predicted molar refractivity (Wildman–Crippen MR) is 69.5 cm³/mol. The third-order valence-corrected chi connectivity index (χ3v) is 3.49. The molecule has 0 radical (unpaired) electrons. The van der Waals surface area contributed by atoms with E-state index in [0.717, 1.165) is 4.90 Å². The Bertz CT molecular complexity index is 496. The maximum Gasteiger partial charge on any atom is 0.258 e. The molecular formula is C14H18N2O4. The number of carbonyl (C=O) groups is 2. The maximum absolute atomic E-state index is 12.4. The van der Waals surface area contributed by atoms with Crippen molar-refractivity contribution in [2.45, 2.75) is 0 Å². The molecule has 0 aliphatic carbocycles. The highest BCUT2D eigenvalue weighted by Crippen LogP contribution is 2.19. The van der Waals surface area contributed by atoms with Crippen LogP contribution in [0.4, 0.5) is 0 Å². The minimum absolute atomic E-state index is 0.00329. The predicted octanol–water partition coefficient (Wildman–Crippen LogP) is -2.21. The molecule has 1 aliphatic heterocycles. The number of rotatable bonds is 4. The van der Waals surface area contributed by atoms with Crippen molar-refractivity contribution in [3.8, 4) is 5.75 Å². The van der Waals surface area contributed by atoms with Crippen LogP contribution in [0.5, 0.6) is 5.75 Å². The van der Waals surface area contributed by atoms with E-state index >= 15 is 0 Å². The first kappa shape index (κ1) is 14.3. The lowest BCUT2D eigenvalue weighted by molar-refractivity contribution is -0.898. The largest absolute Gasteiger partial charge is 0.544 e. The van der Waals surface area contributed by atoms with Crippen LogP contribution in [0.2, 0.25) is 0 Å². The molecule has 1 aromatic carbocycles. The minimum Gasteiger partial charge on any atom is -0.544 e. The fourth-order valence-corrected chi connectivity index (χ4v) is 2.40. The molecule has 1 aliphatic rings. The van der Waals surface area contributed by atoms with Crippen molar-refractivity contribution in [3.63, 3.8) is 0 Å². The van der Waals surface area contributed by atoms with Crippen molar-refractivity contribution in [3.05, 3.63) is 29.8 Å². The Morgan fingerprint density at radius 3 is 2.55 bits per heavy atom. The Morgan fingerprint density at radius 1 is 1.30 bits per heavy atom. The summed E-state index contributed by atoms with van der Waals surface area (Å²) in [6.07, 6.45) is 0. The van der Waals surface area contributed by atoms with Crippen molar-refractivity contribution >= 4 is 11.9 Å². The summed E-state index contributed by atoms with van der Waals surface area (Å²) >= 11 is 0. The summed E-state index contributed by atoms with van der Waals surface area (Å²) in [4.78, 5) is 25.6. The zero-order valence-corrected chi connectivity index (χ0v) is 11.4. The molecule has 1 heterocycles. The minimum atomic E-state index is -1.05. The summed E-state index contributed by atoms with van der Waals surface area (Å²) in [6, 6.07) is 7.11. The number of methoxy groups -OCH3 is 1. The molecule has 0 atom stereocenters. The van der Waals surface area contributed by atoms with Gasteiger partial charge in [0.15, 0.2) is 0 Å².